The molecule has 0 bridgehead atoms. The van der Waals surface area contributed by atoms with Crippen LogP contribution >= 0.6 is 15.9 Å². The first-order valence-corrected chi connectivity index (χ1v) is 10.0. The number of hydrogen-bond donors (Lipinski definition) is 1. The number of aromatic amines is 1. The molecule has 0 fully saturated rings. The van der Waals surface area contributed by atoms with E-state index >= 15 is 0 Å². The number of para-hydroxylation sites is 1. The standard InChI is InChI=1S/C23H19BrN2O4/c1-29-21(27)12-20(23(28)30-2)26-10-9-14-11-15(24)7-8-16(14)22(26)18-13-25-19-6-4-3-5-17(18)19/h3-13,22,25H,1-2H3/b20-12+. The molecule has 1 atom stereocenters. The zero-order chi connectivity index (χ0) is 21.3. The van der Waals surface area contributed by atoms with Crippen LogP contribution in [0.4, 0.5) is 0 Å². The SMILES string of the molecule is COC(=O)/C=C(\C(=O)OC)N1C=Cc2cc(Br)ccc2C1c1c[nH]c2ccccc12. The van der Waals surface area contributed by atoms with Crippen molar-refractivity contribution in [2.24, 2.45) is 0 Å². The summed E-state index contributed by atoms with van der Waals surface area (Å²) in [6, 6.07) is 13.6. The van der Waals surface area contributed by atoms with Gasteiger partial charge in [-0.25, -0.2) is 9.59 Å². The molecule has 0 aliphatic carbocycles. The number of fused-ring (bicyclic) bond motifs is 2. The van der Waals surface area contributed by atoms with Crippen molar-refractivity contribution in [3.05, 3.63) is 87.8 Å². The maximum Gasteiger partial charge on any atom is 0.354 e. The van der Waals surface area contributed by atoms with Crippen LogP contribution < -0.4 is 0 Å². The topological polar surface area (TPSA) is 71.6 Å². The van der Waals surface area contributed by atoms with Crippen LogP contribution in [0.1, 0.15) is 22.7 Å². The Morgan fingerprint density at radius 3 is 2.67 bits per heavy atom. The fraction of sp³-hybridized carbons (Fsp3) is 0.130. The second-order valence-electron chi connectivity index (χ2n) is 6.73. The van der Waals surface area contributed by atoms with Crippen LogP contribution in [0.5, 0.6) is 0 Å². The highest BCUT2D eigenvalue weighted by atomic mass is 79.9. The van der Waals surface area contributed by atoms with Crippen molar-refractivity contribution in [2.75, 3.05) is 14.2 Å². The maximum absolute atomic E-state index is 12.6. The molecule has 1 N–H and O–H groups in total. The highest BCUT2D eigenvalue weighted by molar-refractivity contribution is 9.10. The molecule has 7 heteroatoms. The van der Waals surface area contributed by atoms with Crippen LogP contribution in [0.3, 0.4) is 0 Å². The Balaban J connectivity index is 1.95. The maximum atomic E-state index is 12.6. The number of methoxy groups -OCH3 is 2. The highest BCUT2D eigenvalue weighted by Gasteiger charge is 2.33. The summed E-state index contributed by atoms with van der Waals surface area (Å²) in [6.07, 6.45) is 6.77. The number of carbonyl (C=O) groups excluding carboxylic acids is 2. The summed E-state index contributed by atoms with van der Waals surface area (Å²) in [5, 5.41) is 1.03. The van der Waals surface area contributed by atoms with Gasteiger partial charge in [-0.2, -0.15) is 0 Å². The van der Waals surface area contributed by atoms with Crippen molar-refractivity contribution in [3.8, 4) is 0 Å². The van der Waals surface area contributed by atoms with E-state index in [0.29, 0.717) is 0 Å². The summed E-state index contributed by atoms with van der Waals surface area (Å²) in [5.74, 6) is -1.27. The molecule has 0 amide bonds. The van der Waals surface area contributed by atoms with Gasteiger partial charge in [0.2, 0.25) is 0 Å². The third kappa shape index (κ3) is 3.52. The molecule has 1 aromatic heterocycles. The predicted molar refractivity (Wildman–Crippen MR) is 117 cm³/mol. The van der Waals surface area contributed by atoms with Gasteiger partial charge in [0.25, 0.3) is 0 Å². The van der Waals surface area contributed by atoms with E-state index in [2.05, 4.69) is 20.9 Å². The first kappa shape index (κ1) is 20.0. The van der Waals surface area contributed by atoms with Gasteiger partial charge >= 0.3 is 11.9 Å². The molecule has 0 saturated carbocycles. The van der Waals surface area contributed by atoms with Crippen LogP contribution in [0.2, 0.25) is 0 Å². The molecular formula is C23H19BrN2O4. The van der Waals surface area contributed by atoms with E-state index in [1.54, 1.807) is 11.1 Å². The number of aromatic nitrogens is 1. The Kier molecular flexibility index (Phi) is 5.46. The number of esters is 2. The number of nitrogens with zero attached hydrogens (tertiary/aromatic N) is 1. The van der Waals surface area contributed by atoms with E-state index < -0.39 is 11.9 Å². The monoisotopic (exact) mass is 466 g/mol. The Bertz CT molecular complexity index is 1190. The Morgan fingerprint density at radius 2 is 1.90 bits per heavy atom. The largest absolute Gasteiger partial charge is 0.466 e. The number of halogens is 1. The van der Waals surface area contributed by atoms with E-state index in [4.69, 9.17) is 9.47 Å². The average molecular weight is 467 g/mol. The zero-order valence-electron chi connectivity index (χ0n) is 16.4. The van der Waals surface area contributed by atoms with Crippen molar-refractivity contribution in [3.63, 3.8) is 0 Å². The minimum absolute atomic E-state index is 0.0875. The summed E-state index contributed by atoms with van der Waals surface area (Å²) in [6.45, 7) is 0. The van der Waals surface area contributed by atoms with Gasteiger partial charge in [-0.3, -0.25) is 0 Å². The molecule has 1 aliphatic rings. The number of nitrogens with one attached hydrogen (secondary N) is 1. The van der Waals surface area contributed by atoms with Gasteiger partial charge < -0.3 is 19.4 Å². The predicted octanol–water partition coefficient (Wildman–Crippen LogP) is 4.54. The Labute approximate surface area is 181 Å². The number of ether oxygens (including phenoxy) is 2. The van der Waals surface area contributed by atoms with Gasteiger partial charge in [-0.05, 0) is 35.4 Å². The molecular weight excluding hydrogens is 448 g/mol. The molecule has 1 aliphatic heterocycles. The lowest BCUT2D eigenvalue weighted by atomic mass is 9.90. The van der Waals surface area contributed by atoms with E-state index in [0.717, 1.165) is 38.1 Å². The molecule has 4 rings (SSSR count). The molecule has 1 unspecified atom stereocenters. The number of hydrogen-bond acceptors (Lipinski definition) is 5. The molecule has 0 spiro atoms. The summed E-state index contributed by atoms with van der Waals surface area (Å²) < 4.78 is 10.7. The van der Waals surface area contributed by atoms with Crippen molar-refractivity contribution in [1.82, 2.24) is 9.88 Å². The first-order valence-electron chi connectivity index (χ1n) is 9.23. The normalized spacial score (nSPS) is 15.8. The van der Waals surface area contributed by atoms with Gasteiger partial charge in [0.15, 0.2) is 0 Å². The zero-order valence-corrected chi connectivity index (χ0v) is 18.0. The second kappa shape index (κ2) is 8.20. The van der Waals surface area contributed by atoms with Crippen LogP contribution in [0.25, 0.3) is 17.0 Å². The lowest BCUT2D eigenvalue weighted by molar-refractivity contribution is -0.139. The molecule has 30 heavy (non-hydrogen) atoms. The summed E-state index contributed by atoms with van der Waals surface area (Å²) in [4.78, 5) is 29.7. The highest BCUT2D eigenvalue weighted by Crippen LogP contribution is 2.41. The van der Waals surface area contributed by atoms with Crippen LogP contribution in [0, 0.1) is 0 Å². The lowest BCUT2D eigenvalue weighted by Gasteiger charge is -2.35. The summed E-state index contributed by atoms with van der Waals surface area (Å²) in [7, 11) is 2.55. The van der Waals surface area contributed by atoms with Crippen molar-refractivity contribution < 1.29 is 19.1 Å². The van der Waals surface area contributed by atoms with Crippen molar-refractivity contribution in [1.29, 1.82) is 0 Å². The first-order chi connectivity index (χ1) is 14.5. The molecule has 3 aromatic rings. The van der Waals surface area contributed by atoms with Crippen LogP contribution in [-0.4, -0.2) is 36.0 Å². The second-order valence-corrected chi connectivity index (χ2v) is 7.65. The third-order valence-corrected chi connectivity index (χ3v) is 5.57. The average Bonchev–Trinajstić information content (AvgIpc) is 3.19. The van der Waals surface area contributed by atoms with E-state index in [1.807, 2.05) is 54.7 Å². The smallest absolute Gasteiger partial charge is 0.354 e. The van der Waals surface area contributed by atoms with E-state index in [9.17, 15) is 9.59 Å². The third-order valence-electron chi connectivity index (χ3n) is 5.08. The Morgan fingerprint density at radius 1 is 1.10 bits per heavy atom. The molecule has 152 valence electrons. The van der Waals surface area contributed by atoms with Crippen molar-refractivity contribution >= 4 is 44.8 Å². The van der Waals surface area contributed by atoms with Crippen LogP contribution in [0.15, 0.2) is 71.1 Å². The quantitative estimate of drug-likeness (QED) is 0.451. The number of benzene rings is 2. The molecule has 6 nitrogen and oxygen atoms in total. The van der Waals surface area contributed by atoms with Gasteiger partial charge in [0.05, 0.1) is 26.3 Å². The molecule has 2 aromatic carbocycles. The van der Waals surface area contributed by atoms with Gasteiger partial charge in [0, 0.05) is 33.3 Å². The van der Waals surface area contributed by atoms with E-state index in [1.165, 1.54) is 14.2 Å². The Hall–Kier alpha value is -3.32. The number of carbonyl (C=O) groups is 2. The summed E-state index contributed by atoms with van der Waals surface area (Å²) >= 11 is 3.52. The summed E-state index contributed by atoms with van der Waals surface area (Å²) in [5.41, 5.74) is 4.04. The minimum atomic E-state index is -0.636. The number of H-pyrrole nitrogens is 1. The fourth-order valence-corrected chi connectivity index (χ4v) is 4.09. The van der Waals surface area contributed by atoms with Gasteiger partial charge in [-0.1, -0.05) is 40.2 Å². The van der Waals surface area contributed by atoms with Crippen LogP contribution in [-0.2, 0) is 19.1 Å². The number of rotatable bonds is 4. The molecule has 0 radical (unpaired) electrons. The minimum Gasteiger partial charge on any atom is -0.466 e. The van der Waals surface area contributed by atoms with Gasteiger partial charge in [0.1, 0.15) is 5.70 Å². The van der Waals surface area contributed by atoms with Crippen molar-refractivity contribution in [2.45, 2.75) is 6.04 Å². The molecule has 2 heterocycles. The molecule has 0 saturated heterocycles. The lowest BCUT2D eigenvalue weighted by Crippen LogP contribution is -2.31. The van der Waals surface area contributed by atoms with Gasteiger partial charge in [-0.15, -0.1) is 0 Å². The fourth-order valence-electron chi connectivity index (χ4n) is 3.71. The van der Waals surface area contributed by atoms with E-state index in [-0.39, 0.29) is 11.7 Å².